The number of nitrogens with one attached hydrogen (secondary N) is 1. The molecule has 1 amide bonds. The predicted octanol–water partition coefficient (Wildman–Crippen LogP) is 1.71. The fraction of sp³-hybridized carbons (Fsp3) is 0.533. The Labute approximate surface area is 123 Å². The molecule has 1 heterocycles. The summed E-state index contributed by atoms with van der Waals surface area (Å²) in [5.74, 6) is -0.796. The van der Waals surface area contributed by atoms with Crippen molar-refractivity contribution in [2.24, 2.45) is 5.92 Å². The number of aromatic nitrogens is 1. The number of hydrogen-bond donors (Lipinski definition) is 2. The normalized spacial score (nSPS) is 20.6. The molecule has 1 fully saturated rings. The first-order valence-corrected chi connectivity index (χ1v) is 7.19. The van der Waals surface area contributed by atoms with Gasteiger partial charge in [-0.3, -0.25) is 4.79 Å². The number of carbonyl (C=O) groups is 2. The van der Waals surface area contributed by atoms with E-state index in [9.17, 15) is 9.59 Å². The van der Waals surface area contributed by atoms with E-state index in [4.69, 9.17) is 9.84 Å². The van der Waals surface area contributed by atoms with Crippen molar-refractivity contribution in [3.63, 3.8) is 0 Å². The van der Waals surface area contributed by atoms with Crippen LogP contribution in [0, 0.1) is 5.92 Å². The van der Waals surface area contributed by atoms with E-state index in [-0.39, 0.29) is 11.6 Å². The van der Waals surface area contributed by atoms with E-state index >= 15 is 0 Å². The number of pyridine rings is 1. The van der Waals surface area contributed by atoms with Gasteiger partial charge in [-0.2, -0.15) is 0 Å². The zero-order valence-electron chi connectivity index (χ0n) is 12.0. The van der Waals surface area contributed by atoms with Crippen LogP contribution in [0.25, 0.3) is 0 Å². The Morgan fingerprint density at radius 1 is 1.48 bits per heavy atom. The molecule has 2 rings (SSSR count). The second-order valence-corrected chi connectivity index (χ2v) is 5.19. The Morgan fingerprint density at radius 3 is 2.90 bits per heavy atom. The van der Waals surface area contributed by atoms with E-state index in [1.807, 2.05) is 6.92 Å². The maximum absolute atomic E-state index is 11.9. The molecule has 0 saturated heterocycles. The van der Waals surface area contributed by atoms with Gasteiger partial charge in [0.05, 0.1) is 6.10 Å². The molecule has 6 heteroatoms. The van der Waals surface area contributed by atoms with Gasteiger partial charge in [-0.15, -0.1) is 0 Å². The Kier molecular flexibility index (Phi) is 5.27. The second-order valence-electron chi connectivity index (χ2n) is 5.19. The van der Waals surface area contributed by atoms with Gasteiger partial charge in [0.15, 0.2) is 0 Å². The van der Waals surface area contributed by atoms with E-state index in [1.54, 1.807) is 0 Å². The van der Waals surface area contributed by atoms with Crippen LogP contribution in [-0.2, 0) is 4.74 Å². The molecule has 0 aliphatic heterocycles. The van der Waals surface area contributed by atoms with Crippen LogP contribution in [-0.4, -0.2) is 41.2 Å². The van der Waals surface area contributed by atoms with Crippen molar-refractivity contribution < 1.29 is 19.4 Å². The lowest BCUT2D eigenvalue weighted by Crippen LogP contribution is -2.34. The van der Waals surface area contributed by atoms with Gasteiger partial charge in [0, 0.05) is 24.9 Å². The van der Waals surface area contributed by atoms with Gasteiger partial charge >= 0.3 is 5.97 Å². The quantitative estimate of drug-likeness (QED) is 0.798. The minimum Gasteiger partial charge on any atom is -0.477 e. The Bertz CT molecular complexity index is 512. The first kappa shape index (κ1) is 15.4. The summed E-state index contributed by atoms with van der Waals surface area (Å²) in [6, 6.07) is 2.79. The third kappa shape index (κ3) is 4.26. The lowest BCUT2D eigenvalue weighted by atomic mass is 9.80. The van der Waals surface area contributed by atoms with Crippen molar-refractivity contribution in [1.29, 1.82) is 0 Å². The van der Waals surface area contributed by atoms with Crippen LogP contribution in [0.4, 0.5) is 0 Å². The summed E-state index contributed by atoms with van der Waals surface area (Å²) in [6.45, 7) is 3.34. The van der Waals surface area contributed by atoms with Crippen LogP contribution in [0.15, 0.2) is 18.3 Å². The highest BCUT2D eigenvalue weighted by Gasteiger charge is 2.28. The number of carboxylic acid groups (broad SMARTS) is 1. The summed E-state index contributed by atoms with van der Waals surface area (Å²) in [6.07, 6.45) is 4.75. The fourth-order valence-corrected chi connectivity index (χ4v) is 2.46. The van der Waals surface area contributed by atoms with Crippen LogP contribution >= 0.6 is 0 Å². The topological polar surface area (TPSA) is 88.5 Å². The molecule has 0 spiro atoms. The summed E-state index contributed by atoms with van der Waals surface area (Å²) in [5, 5.41) is 11.7. The summed E-state index contributed by atoms with van der Waals surface area (Å²) in [7, 11) is 0. The SMILES string of the molecule is CCOC1CC(CCNC(=O)c2ccnc(C(=O)O)c2)C1. The number of rotatable bonds is 7. The molecule has 2 N–H and O–H groups in total. The minimum atomic E-state index is -1.14. The molecule has 21 heavy (non-hydrogen) atoms. The zero-order chi connectivity index (χ0) is 15.2. The van der Waals surface area contributed by atoms with Crippen LogP contribution in [0.2, 0.25) is 0 Å². The smallest absolute Gasteiger partial charge is 0.354 e. The predicted molar refractivity (Wildman–Crippen MR) is 76.3 cm³/mol. The molecule has 0 bridgehead atoms. The number of nitrogens with zero attached hydrogens (tertiary/aromatic N) is 1. The van der Waals surface area contributed by atoms with Gasteiger partial charge in [0.2, 0.25) is 0 Å². The molecule has 6 nitrogen and oxygen atoms in total. The van der Waals surface area contributed by atoms with E-state index in [0.717, 1.165) is 25.9 Å². The first-order chi connectivity index (χ1) is 10.1. The molecule has 114 valence electrons. The minimum absolute atomic E-state index is 0.124. The summed E-state index contributed by atoms with van der Waals surface area (Å²) < 4.78 is 5.49. The molecular weight excluding hydrogens is 272 g/mol. The van der Waals surface area contributed by atoms with E-state index in [0.29, 0.717) is 24.1 Å². The molecule has 0 aromatic carbocycles. The number of carbonyl (C=O) groups excluding carboxylic acids is 1. The molecule has 1 saturated carbocycles. The Morgan fingerprint density at radius 2 is 2.24 bits per heavy atom. The van der Waals surface area contributed by atoms with Crippen molar-refractivity contribution in [3.05, 3.63) is 29.6 Å². The van der Waals surface area contributed by atoms with Crippen LogP contribution in [0.1, 0.15) is 47.0 Å². The highest BCUT2D eigenvalue weighted by Crippen LogP contribution is 2.32. The van der Waals surface area contributed by atoms with Crippen LogP contribution in [0.3, 0.4) is 0 Å². The van der Waals surface area contributed by atoms with Crippen molar-refractivity contribution in [2.75, 3.05) is 13.2 Å². The largest absolute Gasteiger partial charge is 0.477 e. The van der Waals surface area contributed by atoms with Gasteiger partial charge in [-0.05, 0) is 44.2 Å². The summed E-state index contributed by atoms with van der Waals surface area (Å²) in [4.78, 5) is 26.4. The average molecular weight is 292 g/mol. The van der Waals surface area contributed by atoms with Crippen molar-refractivity contribution in [2.45, 2.75) is 32.3 Å². The van der Waals surface area contributed by atoms with Gasteiger partial charge in [-0.25, -0.2) is 9.78 Å². The fourth-order valence-electron chi connectivity index (χ4n) is 2.46. The summed E-state index contributed by atoms with van der Waals surface area (Å²) in [5.41, 5.74) is 0.199. The zero-order valence-corrected chi connectivity index (χ0v) is 12.0. The number of hydrogen-bond acceptors (Lipinski definition) is 4. The van der Waals surface area contributed by atoms with Crippen LogP contribution < -0.4 is 5.32 Å². The van der Waals surface area contributed by atoms with Crippen molar-refractivity contribution >= 4 is 11.9 Å². The Balaban J connectivity index is 1.73. The molecule has 1 aliphatic rings. The molecule has 0 unspecified atom stereocenters. The molecule has 1 aromatic rings. The molecule has 0 radical (unpaired) electrons. The number of aromatic carboxylic acids is 1. The third-order valence-electron chi connectivity index (χ3n) is 3.67. The van der Waals surface area contributed by atoms with Gasteiger partial charge in [0.1, 0.15) is 5.69 Å². The monoisotopic (exact) mass is 292 g/mol. The third-order valence-corrected chi connectivity index (χ3v) is 3.67. The van der Waals surface area contributed by atoms with Gasteiger partial charge in [-0.1, -0.05) is 0 Å². The maximum Gasteiger partial charge on any atom is 0.354 e. The van der Waals surface area contributed by atoms with E-state index in [2.05, 4.69) is 10.3 Å². The standard InChI is InChI=1S/C15H20N2O4/c1-2-21-12-7-10(8-12)3-5-17-14(18)11-4-6-16-13(9-11)15(19)20/h4,6,9-10,12H,2-3,5,7-8H2,1H3,(H,17,18)(H,19,20). The highest BCUT2D eigenvalue weighted by atomic mass is 16.5. The average Bonchev–Trinajstić information content (AvgIpc) is 2.44. The number of carboxylic acids is 1. The number of ether oxygens (including phenoxy) is 1. The molecule has 1 aromatic heterocycles. The lowest BCUT2D eigenvalue weighted by Gasteiger charge is -2.34. The Hall–Kier alpha value is -1.95. The summed E-state index contributed by atoms with van der Waals surface area (Å²) >= 11 is 0. The van der Waals surface area contributed by atoms with Crippen molar-refractivity contribution in [1.82, 2.24) is 10.3 Å². The number of amides is 1. The van der Waals surface area contributed by atoms with Gasteiger partial charge in [0.25, 0.3) is 5.91 Å². The lowest BCUT2D eigenvalue weighted by molar-refractivity contribution is -0.0261. The first-order valence-electron chi connectivity index (χ1n) is 7.19. The van der Waals surface area contributed by atoms with E-state index in [1.165, 1.54) is 18.3 Å². The molecule has 1 aliphatic carbocycles. The maximum atomic E-state index is 11.9. The highest BCUT2D eigenvalue weighted by molar-refractivity contribution is 5.96. The molecule has 0 atom stereocenters. The van der Waals surface area contributed by atoms with Crippen molar-refractivity contribution in [3.8, 4) is 0 Å². The van der Waals surface area contributed by atoms with E-state index < -0.39 is 5.97 Å². The molecular formula is C15H20N2O4. The van der Waals surface area contributed by atoms with Gasteiger partial charge < -0.3 is 15.2 Å². The second kappa shape index (κ2) is 7.17. The van der Waals surface area contributed by atoms with Crippen LogP contribution in [0.5, 0.6) is 0 Å².